The molecule has 0 aromatic carbocycles. The van der Waals surface area contributed by atoms with E-state index < -0.39 is 35.8 Å². The van der Waals surface area contributed by atoms with Crippen molar-refractivity contribution in [3.8, 4) is 0 Å². The number of unbranched alkanes of at least 4 members (excludes halogenated alkanes) is 1. The topological polar surface area (TPSA) is 156 Å². The van der Waals surface area contributed by atoms with Crippen LogP contribution in [0.4, 0.5) is 0 Å². The summed E-state index contributed by atoms with van der Waals surface area (Å²) < 4.78 is 0. The van der Waals surface area contributed by atoms with Crippen molar-refractivity contribution in [3.63, 3.8) is 0 Å². The van der Waals surface area contributed by atoms with Crippen molar-refractivity contribution in [3.05, 3.63) is 0 Å². The minimum Gasteiger partial charge on any atom is -0.368 e. The van der Waals surface area contributed by atoms with Crippen molar-refractivity contribution < 1.29 is 19.2 Å². The summed E-state index contributed by atoms with van der Waals surface area (Å²) in [4.78, 5) is 46.1. The van der Waals surface area contributed by atoms with E-state index in [9.17, 15) is 19.2 Å². The second-order valence-electron chi connectivity index (χ2n) is 5.40. The average molecular weight is 329 g/mol. The summed E-state index contributed by atoms with van der Waals surface area (Å²) in [6, 6.07) is -2.43. The Morgan fingerprint density at radius 2 is 1.43 bits per heavy atom. The number of primary amides is 1. The summed E-state index contributed by atoms with van der Waals surface area (Å²) in [5, 5.41) is 7.37. The average Bonchev–Trinajstić information content (AvgIpc) is 2.44. The fourth-order valence-electron chi connectivity index (χ4n) is 1.85. The molecule has 0 radical (unpaired) electrons. The van der Waals surface area contributed by atoms with Gasteiger partial charge in [0.25, 0.3) is 0 Å². The lowest BCUT2D eigenvalue weighted by Gasteiger charge is -2.21. The lowest BCUT2D eigenvalue weighted by atomic mass is 10.1. The molecule has 0 heterocycles. The SMILES string of the molecule is CC(=O)N[C@@H](C)C(=O)N[C@@H](C)C(=O)N[C@@H](CCCCN)C(N)=O. The van der Waals surface area contributed by atoms with Crippen LogP contribution in [0.1, 0.15) is 40.0 Å². The van der Waals surface area contributed by atoms with Crippen molar-refractivity contribution in [1.82, 2.24) is 16.0 Å². The lowest BCUT2D eigenvalue weighted by molar-refractivity contribution is -0.132. The first-order chi connectivity index (χ1) is 10.7. The molecule has 0 aromatic heterocycles. The summed E-state index contributed by atoms with van der Waals surface area (Å²) in [6.45, 7) is 4.76. The van der Waals surface area contributed by atoms with Crippen LogP contribution in [0.5, 0.6) is 0 Å². The second-order valence-corrected chi connectivity index (χ2v) is 5.40. The molecule has 0 spiro atoms. The highest BCUT2D eigenvalue weighted by atomic mass is 16.2. The zero-order chi connectivity index (χ0) is 18.0. The highest BCUT2D eigenvalue weighted by Gasteiger charge is 2.24. The van der Waals surface area contributed by atoms with Gasteiger partial charge in [-0.1, -0.05) is 0 Å². The van der Waals surface area contributed by atoms with Crippen LogP contribution in [0.3, 0.4) is 0 Å². The first-order valence-corrected chi connectivity index (χ1v) is 7.56. The monoisotopic (exact) mass is 329 g/mol. The number of nitrogens with two attached hydrogens (primary N) is 2. The maximum absolute atomic E-state index is 12.0. The standard InChI is InChI=1S/C14H27N5O4/c1-8(17-10(3)20)13(22)18-9(2)14(23)19-11(12(16)21)6-4-5-7-15/h8-9,11H,4-7,15H2,1-3H3,(H2,16,21)(H,17,20)(H,18,22)(H,19,23)/t8-,9-,11-/m0/s1. The van der Waals surface area contributed by atoms with E-state index in [-0.39, 0.29) is 5.91 Å². The predicted molar refractivity (Wildman–Crippen MR) is 84.9 cm³/mol. The van der Waals surface area contributed by atoms with Gasteiger partial charge in [-0.3, -0.25) is 19.2 Å². The van der Waals surface area contributed by atoms with E-state index in [0.717, 1.165) is 6.42 Å². The molecule has 7 N–H and O–H groups in total. The van der Waals surface area contributed by atoms with Crippen molar-refractivity contribution in [2.24, 2.45) is 11.5 Å². The minimum absolute atomic E-state index is 0.349. The van der Waals surface area contributed by atoms with E-state index in [1.54, 1.807) is 0 Å². The first kappa shape index (κ1) is 20.8. The molecular formula is C14H27N5O4. The lowest BCUT2D eigenvalue weighted by Crippen LogP contribution is -2.54. The van der Waals surface area contributed by atoms with E-state index >= 15 is 0 Å². The summed E-state index contributed by atoms with van der Waals surface area (Å²) in [7, 11) is 0. The fraction of sp³-hybridized carbons (Fsp3) is 0.714. The van der Waals surface area contributed by atoms with E-state index in [1.807, 2.05) is 0 Å². The Bertz CT molecular complexity index is 441. The van der Waals surface area contributed by atoms with Crippen LogP contribution >= 0.6 is 0 Å². The van der Waals surface area contributed by atoms with Gasteiger partial charge in [0.1, 0.15) is 18.1 Å². The number of amides is 4. The minimum atomic E-state index is -0.866. The van der Waals surface area contributed by atoms with Crippen molar-refractivity contribution in [2.45, 2.75) is 58.2 Å². The molecule has 0 saturated carbocycles. The molecule has 0 rings (SSSR count). The smallest absolute Gasteiger partial charge is 0.242 e. The third-order valence-electron chi connectivity index (χ3n) is 3.17. The highest BCUT2D eigenvalue weighted by molar-refractivity contribution is 5.93. The van der Waals surface area contributed by atoms with Gasteiger partial charge in [0, 0.05) is 6.92 Å². The van der Waals surface area contributed by atoms with Crippen LogP contribution in [0.25, 0.3) is 0 Å². The van der Waals surface area contributed by atoms with Crippen LogP contribution < -0.4 is 27.4 Å². The Hall–Kier alpha value is -2.16. The molecule has 9 heteroatoms. The molecule has 0 fully saturated rings. The molecule has 3 atom stereocenters. The Morgan fingerprint density at radius 1 is 0.913 bits per heavy atom. The zero-order valence-electron chi connectivity index (χ0n) is 13.8. The van der Waals surface area contributed by atoms with Gasteiger partial charge >= 0.3 is 0 Å². The Labute approximate surface area is 135 Å². The number of nitrogens with one attached hydrogen (secondary N) is 3. The number of hydrogen-bond acceptors (Lipinski definition) is 5. The molecule has 0 aliphatic rings. The van der Waals surface area contributed by atoms with E-state index in [1.165, 1.54) is 20.8 Å². The van der Waals surface area contributed by atoms with Gasteiger partial charge < -0.3 is 27.4 Å². The number of hydrogen-bond donors (Lipinski definition) is 5. The van der Waals surface area contributed by atoms with E-state index in [2.05, 4.69) is 16.0 Å². The second kappa shape index (κ2) is 10.5. The van der Waals surface area contributed by atoms with E-state index in [4.69, 9.17) is 11.5 Å². The summed E-state index contributed by atoms with van der Waals surface area (Å²) in [5.74, 6) is -2.01. The number of rotatable bonds is 10. The number of carbonyl (C=O) groups is 4. The molecule has 0 aliphatic heterocycles. The Balaban J connectivity index is 4.47. The van der Waals surface area contributed by atoms with Crippen LogP contribution in [0.15, 0.2) is 0 Å². The van der Waals surface area contributed by atoms with Gasteiger partial charge in [0.2, 0.25) is 23.6 Å². The van der Waals surface area contributed by atoms with Gasteiger partial charge in [-0.15, -0.1) is 0 Å². The van der Waals surface area contributed by atoms with Crippen molar-refractivity contribution in [1.29, 1.82) is 0 Å². The van der Waals surface area contributed by atoms with Crippen molar-refractivity contribution >= 4 is 23.6 Å². The van der Waals surface area contributed by atoms with Crippen LogP contribution in [-0.2, 0) is 19.2 Å². The first-order valence-electron chi connectivity index (χ1n) is 7.56. The van der Waals surface area contributed by atoms with Gasteiger partial charge in [-0.25, -0.2) is 0 Å². The third-order valence-corrected chi connectivity index (χ3v) is 3.17. The third kappa shape index (κ3) is 8.77. The van der Waals surface area contributed by atoms with Gasteiger partial charge in [0.15, 0.2) is 0 Å². The fourth-order valence-corrected chi connectivity index (χ4v) is 1.85. The largest absolute Gasteiger partial charge is 0.368 e. The highest BCUT2D eigenvalue weighted by Crippen LogP contribution is 2.01. The molecule has 0 aromatic rings. The Morgan fingerprint density at radius 3 is 1.91 bits per heavy atom. The summed E-state index contributed by atoms with van der Waals surface area (Å²) in [5.41, 5.74) is 10.6. The normalized spacial score (nSPS) is 14.3. The molecule has 9 nitrogen and oxygen atoms in total. The van der Waals surface area contributed by atoms with Crippen LogP contribution in [0, 0.1) is 0 Å². The molecule has 0 aliphatic carbocycles. The molecule has 4 amide bonds. The van der Waals surface area contributed by atoms with Crippen molar-refractivity contribution in [2.75, 3.05) is 6.54 Å². The molecular weight excluding hydrogens is 302 g/mol. The summed E-state index contributed by atoms with van der Waals surface area (Å²) in [6.07, 6.45) is 1.77. The zero-order valence-corrected chi connectivity index (χ0v) is 13.8. The molecule has 0 bridgehead atoms. The van der Waals surface area contributed by atoms with Gasteiger partial charge in [-0.2, -0.15) is 0 Å². The molecule has 132 valence electrons. The molecule has 0 unspecified atom stereocenters. The number of carbonyl (C=O) groups excluding carboxylic acids is 4. The quantitative estimate of drug-likeness (QED) is 0.296. The Kier molecular flexibility index (Phi) is 9.56. The van der Waals surface area contributed by atoms with Gasteiger partial charge in [-0.05, 0) is 39.7 Å². The predicted octanol–water partition coefficient (Wildman–Crippen LogP) is -1.89. The van der Waals surface area contributed by atoms with E-state index in [0.29, 0.717) is 19.4 Å². The maximum Gasteiger partial charge on any atom is 0.242 e. The summed E-state index contributed by atoms with van der Waals surface area (Å²) >= 11 is 0. The molecule has 23 heavy (non-hydrogen) atoms. The van der Waals surface area contributed by atoms with Gasteiger partial charge in [0.05, 0.1) is 0 Å². The molecule has 0 saturated heterocycles. The van der Waals surface area contributed by atoms with Crippen LogP contribution in [-0.4, -0.2) is 48.3 Å². The maximum atomic E-state index is 12.0. The van der Waals surface area contributed by atoms with Crippen LogP contribution in [0.2, 0.25) is 0 Å².